The smallest absolute Gasteiger partial charge is 0.410 e. The first-order valence-electron chi connectivity index (χ1n) is 15.6. The molecule has 48 heavy (non-hydrogen) atoms. The Hall–Kier alpha value is -4.52. The average Bonchev–Trinajstić information content (AvgIpc) is 3.49. The number of benzene rings is 2. The van der Waals surface area contributed by atoms with Crippen molar-refractivity contribution in [2.75, 3.05) is 26.7 Å². The molecule has 1 aliphatic rings. The first kappa shape index (κ1) is 36.3. The quantitative estimate of drug-likeness (QED) is 0.259. The molecule has 14 heteroatoms. The monoisotopic (exact) mass is 687 g/mol. The number of carbonyl (C=O) groups excluding carboxylic acids is 4. The van der Waals surface area contributed by atoms with Gasteiger partial charge in [0.15, 0.2) is 0 Å². The predicted octanol–water partition coefficient (Wildman–Crippen LogP) is 5.37. The summed E-state index contributed by atoms with van der Waals surface area (Å²) in [6.45, 7) is 5.81. The number of likely N-dealkylation sites (tertiary alicyclic amines) is 1. The summed E-state index contributed by atoms with van der Waals surface area (Å²) in [4.78, 5) is 58.4. The lowest BCUT2D eigenvalue weighted by molar-refractivity contribution is -0.144. The van der Waals surface area contributed by atoms with Crippen molar-refractivity contribution in [2.45, 2.75) is 70.7 Å². The van der Waals surface area contributed by atoms with E-state index >= 15 is 0 Å². The lowest BCUT2D eigenvalue weighted by Gasteiger charge is -2.28. The molecule has 2 atom stereocenters. The van der Waals surface area contributed by atoms with Gasteiger partial charge < -0.3 is 29.9 Å². The molecule has 1 aliphatic heterocycles. The van der Waals surface area contributed by atoms with Crippen LogP contribution in [-0.2, 0) is 32.0 Å². The Balaban J connectivity index is 1.36. The van der Waals surface area contributed by atoms with E-state index in [1.807, 2.05) is 0 Å². The Morgan fingerprint density at radius 2 is 1.90 bits per heavy atom. The summed E-state index contributed by atoms with van der Waals surface area (Å²) in [5.74, 6) is -1.95. The fourth-order valence-electron chi connectivity index (χ4n) is 5.15. The van der Waals surface area contributed by atoms with Crippen LogP contribution < -0.4 is 10.6 Å². The van der Waals surface area contributed by atoms with Crippen LogP contribution in [0.2, 0.25) is 5.02 Å². The lowest BCUT2D eigenvalue weighted by atomic mass is 10.1. The molecule has 1 aromatic heterocycles. The number of pyridine rings is 1. The highest BCUT2D eigenvalue weighted by molar-refractivity contribution is 6.31. The molecule has 0 saturated carbocycles. The number of nitrogens with zero attached hydrogens (tertiary/aromatic N) is 3. The molecule has 2 heterocycles. The zero-order valence-electron chi connectivity index (χ0n) is 27.4. The van der Waals surface area contributed by atoms with E-state index in [4.69, 9.17) is 21.1 Å². The fraction of sp³-hybridized carbons (Fsp3) is 0.441. The number of nitrogens with one attached hydrogen (secondary N) is 2. The summed E-state index contributed by atoms with van der Waals surface area (Å²) in [7, 11) is 1.49. The van der Waals surface area contributed by atoms with Gasteiger partial charge in [-0.25, -0.2) is 18.4 Å². The topological polar surface area (TPSA) is 130 Å². The van der Waals surface area contributed by atoms with Gasteiger partial charge in [-0.15, -0.1) is 0 Å². The summed E-state index contributed by atoms with van der Waals surface area (Å²) >= 11 is 6.02. The Morgan fingerprint density at radius 3 is 2.65 bits per heavy atom. The van der Waals surface area contributed by atoms with Crippen molar-refractivity contribution in [3.63, 3.8) is 0 Å². The molecule has 0 spiro atoms. The summed E-state index contributed by atoms with van der Waals surface area (Å²) < 4.78 is 38.5. The van der Waals surface area contributed by atoms with Crippen LogP contribution in [-0.4, -0.2) is 83.2 Å². The molecule has 4 amide bonds. The molecular weight excluding hydrogens is 648 g/mol. The number of halogens is 3. The zero-order valence-corrected chi connectivity index (χ0v) is 28.1. The van der Waals surface area contributed by atoms with Gasteiger partial charge in [-0.2, -0.15) is 0 Å². The Kier molecular flexibility index (Phi) is 12.1. The lowest BCUT2D eigenvalue weighted by Crippen LogP contribution is -2.46. The Morgan fingerprint density at radius 1 is 1.12 bits per heavy atom. The van der Waals surface area contributed by atoms with E-state index in [9.17, 15) is 28.0 Å². The van der Waals surface area contributed by atoms with Gasteiger partial charge in [-0.3, -0.25) is 14.6 Å². The van der Waals surface area contributed by atoms with E-state index in [1.54, 1.807) is 50.1 Å². The molecule has 2 aromatic carbocycles. The molecule has 2 N–H and O–H groups in total. The third-order valence-corrected chi connectivity index (χ3v) is 8.17. The Labute approximate surface area is 282 Å². The van der Waals surface area contributed by atoms with Gasteiger partial charge >= 0.3 is 18.1 Å². The number of aromatic nitrogens is 1. The van der Waals surface area contributed by atoms with Crippen LogP contribution >= 0.6 is 11.6 Å². The van der Waals surface area contributed by atoms with Gasteiger partial charge in [-0.05, 0) is 74.9 Å². The first-order chi connectivity index (χ1) is 22.7. The maximum absolute atomic E-state index is 13.9. The second-order valence-corrected chi connectivity index (χ2v) is 13.1. The van der Waals surface area contributed by atoms with Crippen LogP contribution in [0.25, 0.3) is 10.8 Å². The van der Waals surface area contributed by atoms with E-state index in [0.29, 0.717) is 41.5 Å². The van der Waals surface area contributed by atoms with Gasteiger partial charge in [0.25, 0.3) is 0 Å². The maximum atomic E-state index is 13.9. The van der Waals surface area contributed by atoms with Crippen molar-refractivity contribution in [3.8, 4) is 0 Å². The minimum absolute atomic E-state index is 0.00368. The number of hydrogen-bond acceptors (Lipinski definition) is 7. The van der Waals surface area contributed by atoms with Gasteiger partial charge in [0.05, 0.1) is 23.2 Å². The SMILES string of the molecule is CN(C(=O)NCc1cccc(F)c1Cl)[C@@H](CCC(=O)NC1CCN(C(=O)OC(C)(C)C)C1)COC(=O)Cc1cc2cc(F)ccc2cn1. The van der Waals surface area contributed by atoms with Gasteiger partial charge in [-0.1, -0.05) is 23.7 Å². The minimum Gasteiger partial charge on any atom is -0.463 e. The van der Waals surface area contributed by atoms with E-state index in [1.165, 1.54) is 36.2 Å². The van der Waals surface area contributed by atoms with Crippen LogP contribution in [0.4, 0.5) is 18.4 Å². The van der Waals surface area contributed by atoms with Gasteiger partial charge in [0.1, 0.15) is 23.8 Å². The van der Waals surface area contributed by atoms with Crippen LogP contribution in [0.5, 0.6) is 0 Å². The number of esters is 1. The maximum Gasteiger partial charge on any atom is 0.410 e. The predicted molar refractivity (Wildman–Crippen MR) is 175 cm³/mol. The normalized spacial score (nSPS) is 15.1. The van der Waals surface area contributed by atoms with Crippen molar-refractivity contribution in [2.24, 2.45) is 0 Å². The van der Waals surface area contributed by atoms with Gasteiger partial charge in [0, 0.05) is 50.7 Å². The van der Waals surface area contributed by atoms with Crippen molar-refractivity contribution < 1.29 is 37.4 Å². The van der Waals surface area contributed by atoms with Crippen LogP contribution in [0.1, 0.15) is 51.3 Å². The molecule has 1 unspecified atom stereocenters. The van der Waals surface area contributed by atoms with E-state index < -0.39 is 41.4 Å². The molecule has 1 fully saturated rings. The summed E-state index contributed by atoms with van der Waals surface area (Å²) in [6, 6.07) is 8.59. The van der Waals surface area contributed by atoms with Crippen molar-refractivity contribution in [3.05, 3.63) is 76.6 Å². The number of carbonyl (C=O) groups is 4. The van der Waals surface area contributed by atoms with Gasteiger partial charge in [0.2, 0.25) is 5.91 Å². The van der Waals surface area contributed by atoms with E-state index in [-0.39, 0.29) is 49.4 Å². The van der Waals surface area contributed by atoms with Crippen LogP contribution in [0.3, 0.4) is 0 Å². The number of likely N-dealkylation sites (N-methyl/N-ethyl adjacent to an activating group) is 1. The number of fused-ring (bicyclic) bond motifs is 1. The van der Waals surface area contributed by atoms with Crippen molar-refractivity contribution >= 4 is 46.4 Å². The highest BCUT2D eigenvalue weighted by atomic mass is 35.5. The molecule has 3 aromatic rings. The second-order valence-electron chi connectivity index (χ2n) is 12.7. The van der Waals surface area contributed by atoms with Crippen LogP contribution in [0.15, 0.2) is 48.7 Å². The number of rotatable bonds is 11. The molecule has 11 nitrogen and oxygen atoms in total. The van der Waals surface area contributed by atoms with Crippen LogP contribution in [0, 0.1) is 11.6 Å². The first-order valence-corrected chi connectivity index (χ1v) is 16.0. The van der Waals surface area contributed by atoms with Crippen molar-refractivity contribution in [1.29, 1.82) is 0 Å². The van der Waals surface area contributed by atoms with E-state index in [2.05, 4.69) is 15.6 Å². The minimum atomic E-state index is -0.719. The molecule has 1 saturated heterocycles. The number of ether oxygens (including phenoxy) is 2. The summed E-state index contributed by atoms with van der Waals surface area (Å²) in [5.41, 5.74) is 0.119. The molecule has 258 valence electrons. The van der Waals surface area contributed by atoms with Crippen molar-refractivity contribution in [1.82, 2.24) is 25.4 Å². The Bertz CT molecular complexity index is 1650. The average molecular weight is 688 g/mol. The molecule has 0 aliphatic carbocycles. The molecular formula is C34H40ClF2N5O6. The molecule has 0 bridgehead atoms. The molecule has 0 radical (unpaired) electrons. The zero-order chi connectivity index (χ0) is 35.0. The molecule has 4 rings (SSSR count). The third-order valence-electron chi connectivity index (χ3n) is 7.74. The third kappa shape index (κ3) is 10.5. The highest BCUT2D eigenvalue weighted by Crippen LogP contribution is 2.20. The largest absolute Gasteiger partial charge is 0.463 e. The standard InChI is InChI=1S/C34H40ClF2N5O6/c1-34(2,3)48-33(46)42-13-12-25(19-42)40-29(43)11-10-27(41(4)32(45)39-18-22-6-5-7-28(37)31(22)35)20-47-30(44)16-26-15-23-14-24(36)9-8-21(23)17-38-26/h5-9,14-15,17,25,27H,10-13,16,18-20H2,1-4H3,(H,39,45)(H,40,43)/t25?,27-/m0/s1. The number of hydrogen-bond donors (Lipinski definition) is 2. The highest BCUT2D eigenvalue weighted by Gasteiger charge is 2.31. The fourth-order valence-corrected chi connectivity index (χ4v) is 5.34. The summed E-state index contributed by atoms with van der Waals surface area (Å²) in [5, 5.41) is 6.80. The number of amides is 4. The number of urea groups is 1. The summed E-state index contributed by atoms with van der Waals surface area (Å²) in [6.07, 6.45) is 1.60. The van der Waals surface area contributed by atoms with E-state index in [0.717, 1.165) is 0 Å². The second kappa shape index (κ2) is 16.1.